The lowest BCUT2D eigenvalue weighted by molar-refractivity contribution is -0.136. The summed E-state index contributed by atoms with van der Waals surface area (Å²) < 4.78 is 37.2. The average molecular weight is 448 g/mol. The molecule has 166 valence electrons. The SMILES string of the molecule is CCOc1ccc(NC(=O)C(=O)NCc2ccc(S(=O)(=O)N3CCOCC3)cc2)cc1. The van der Waals surface area contributed by atoms with E-state index in [2.05, 4.69) is 10.6 Å². The van der Waals surface area contributed by atoms with Gasteiger partial charge in [0.25, 0.3) is 0 Å². The van der Waals surface area contributed by atoms with Crippen LogP contribution < -0.4 is 15.4 Å². The maximum Gasteiger partial charge on any atom is 0.313 e. The molecule has 0 unspecified atom stereocenters. The first-order chi connectivity index (χ1) is 14.9. The summed E-state index contributed by atoms with van der Waals surface area (Å²) >= 11 is 0. The fourth-order valence-electron chi connectivity index (χ4n) is 2.97. The first-order valence-corrected chi connectivity index (χ1v) is 11.3. The van der Waals surface area contributed by atoms with Crippen molar-refractivity contribution in [1.82, 2.24) is 9.62 Å². The van der Waals surface area contributed by atoms with Crippen LogP contribution in [0.5, 0.6) is 5.75 Å². The summed E-state index contributed by atoms with van der Waals surface area (Å²) in [6.07, 6.45) is 0. The molecule has 1 aliphatic rings. The molecular weight excluding hydrogens is 422 g/mol. The monoisotopic (exact) mass is 447 g/mol. The van der Waals surface area contributed by atoms with E-state index in [-0.39, 0.29) is 11.4 Å². The first-order valence-electron chi connectivity index (χ1n) is 9.89. The Morgan fingerprint density at radius 1 is 1.00 bits per heavy atom. The van der Waals surface area contributed by atoms with Crippen molar-refractivity contribution in [1.29, 1.82) is 0 Å². The number of carbonyl (C=O) groups is 2. The molecule has 9 nitrogen and oxygen atoms in total. The zero-order chi connectivity index (χ0) is 22.3. The van der Waals surface area contributed by atoms with E-state index < -0.39 is 21.8 Å². The molecule has 31 heavy (non-hydrogen) atoms. The van der Waals surface area contributed by atoms with Gasteiger partial charge in [-0.3, -0.25) is 9.59 Å². The molecule has 1 fully saturated rings. The Balaban J connectivity index is 1.52. The first kappa shape index (κ1) is 22.7. The van der Waals surface area contributed by atoms with Gasteiger partial charge < -0.3 is 20.1 Å². The van der Waals surface area contributed by atoms with Gasteiger partial charge in [0, 0.05) is 25.3 Å². The van der Waals surface area contributed by atoms with Gasteiger partial charge >= 0.3 is 11.8 Å². The van der Waals surface area contributed by atoms with Crippen LogP contribution in [0.3, 0.4) is 0 Å². The van der Waals surface area contributed by atoms with E-state index in [0.29, 0.717) is 49.9 Å². The minimum atomic E-state index is -3.57. The lowest BCUT2D eigenvalue weighted by Gasteiger charge is -2.26. The highest BCUT2D eigenvalue weighted by Crippen LogP contribution is 2.18. The van der Waals surface area contributed by atoms with Crippen molar-refractivity contribution in [3.63, 3.8) is 0 Å². The van der Waals surface area contributed by atoms with Crippen molar-refractivity contribution in [3.05, 3.63) is 54.1 Å². The lowest BCUT2D eigenvalue weighted by atomic mass is 10.2. The maximum absolute atomic E-state index is 12.6. The van der Waals surface area contributed by atoms with Gasteiger partial charge in [0.1, 0.15) is 5.75 Å². The Hall–Kier alpha value is -2.95. The van der Waals surface area contributed by atoms with Crippen LogP contribution >= 0.6 is 0 Å². The number of amides is 2. The van der Waals surface area contributed by atoms with E-state index in [1.807, 2.05) is 6.92 Å². The second kappa shape index (κ2) is 10.4. The average Bonchev–Trinajstić information content (AvgIpc) is 2.79. The van der Waals surface area contributed by atoms with Gasteiger partial charge in [-0.2, -0.15) is 4.31 Å². The Bertz CT molecular complexity index is 1000. The second-order valence-electron chi connectivity index (χ2n) is 6.75. The van der Waals surface area contributed by atoms with Crippen molar-refractivity contribution in [2.75, 3.05) is 38.2 Å². The summed E-state index contributed by atoms with van der Waals surface area (Å²) in [4.78, 5) is 24.3. The van der Waals surface area contributed by atoms with E-state index in [1.165, 1.54) is 16.4 Å². The molecule has 0 spiro atoms. The van der Waals surface area contributed by atoms with Crippen molar-refractivity contribution in [2.45, 2.75) is 18.4 Å². The highest BCUT2D eigenvalue weighted by Gasteiger charge is 2.26. The summed E-state index contributed by atoms with van der Waals surface area (Å²) in [6, 6.07) is 12.9. The Labute approximate surface area is 181 Å². The number of hydrogen-bond donors (Lipinski definition) is 2. The topological polar surface area (TPSA) is 114 Å². The Morgan fingerprint density at radius 2 is 1.65 bits per heavy atom. The van der Waals surface area contributed by atoms with Crippen LogP contribution in [-0.4, -0.2) is 57.4 Å². The number of morpholine rings is 1. The largest absolute Gasteiger partial charge is 0.494 e. The van der Waals surface area contributed by atoms with Crippen molar-refractivity contribution < 1.29 is 27.5 Å². The van der Waals surface area contributed by atoms with Crippen LogP contribution in [0.15, 0.2) is 53.4 Å². The molecule has 0 radical (unpaired) electrons. The highest BCUT2D eigenvalue weighted by molar-refractivity contribution is 7.89. The number of sulfonamides is 1. The van der Waals surface area contributed by atoms with E-state index in [9.17, 15) is 18.0 Å². The van der Waals surface area contributed by atoms with Gasteiger partial charge in [0.15, 0.2) is 0 Å². The van der Waals surface area contributed by atoms with Crippen LogP contribution in [0.1, 0.15) is 12.5 Å². The molecule has 2 aromatic carbocycles. The van der Waals surface area contributed by atoms with Gasteiger partial charge in [-0.05, 0) is 48.9 Å². The minimum absolute atomic E-state index is 0.0907. The van der Waals surface area contributed by atoms with E-state index in [1.54, 1.807) is 36.4 Å². The second-order valence-corrected chi connectivity index (χ2v) is 8.69. The smallest absolute Gasteiger partial charge is 0.313 e. The number of benzene rings is 2. The zero-order valence-electron chi connectivity index (χ0n) is 17.2. The number of hydrogen-bond acceptors (Lipinski definition) is 6. The van der Waals surface area contributed by atoms with Crippen molar-refractivity contribution in [3.8, 4) is 5.75 Å². The van der Waals surface area contributed by atoms with Crippen LogP contribution in [0.4, 0.5) is 5.69 Å². The van der Waals surface area contributed by atoms with Crippen molar-refractivity contribution >= 4 is 27.5 Å². The van der Waals surface area contributed by atoms with Gasteiger partial charge in [0.05, 0.1) is 24.7 Å². The standard InChI is InChI=1S/C21H25N3O6S/c1-2-30-18-7-5-17(6-8-18)23-21(26)20(25)22-15-16-3-9-19(10-4-16)31(27,28)24-11-13-29-14-12-24/h3-10H,2,11-15H2,1H3,(H,22,25)(H,23,26). The van der Waals surface area contributed by atoms with Gasteiger partial charge in [0.2, 0.25) is 10.0 Å². The molecule has 3 rings (SSSR count). The predicted octanol–water partition coefficient (Wildman–Crippen LogP) is 1.36. The Morgan fingerprint density at radius 3 is 2.26 bits per heavy atom. The summed E-state index contributed by atoms with van der Waals surface area (Å²) in [5.74, 6) is -0.918. The van der Waals surface area contributed by atoms with Crippen LogP contribution in [0.25, 0.3) is 0 Å². The molecule has 0 bridgehead atoms. The number of rotatable bonds is 7. The quantitative estimate of drug-likeness (QED) is 0.620. The molecule has 1 saturated heterocycles. The van der Waals surface area contributed by atoms with E-state index >= 15 is 0 Å². The molecule has 1 aliphatic heterocycles. The van der Waals surface area contributed by atoms with Crippen molar-refractivity contribution in [2.24, 2.45) is 0 Å². The number of nitrogens with one attached hydrogen (secondary N) is 2. The van der Waals surface area contributed by atoms with E-state index in [4.69, 9.17) is 9.47 Å². The van der Waals surface area contributed by atoms with Crippen LogP contribution in [-0.2, 0) is 30.9 Å². The molecule has 0 saturated carbocycles. The molecular formula is C21H25N3O6S. The van der Waals surface area contributed by atoms with Gasteiger partial charge in [-0.1, -0.05) is 12.1 Å². The summed E-state index contributed by atoms with van der Waals surface area (Å²) in [7, 11) is -3.57. The highest BCUT2D eigenvalue weighted by atomic mass is 32.2. The summed E-state index contributed by atoms with van der Waals surface area (Å²) in [5.41, 5.74) is 1.14. The summed E-state index contributed by atoms with van der Waals surface area (Å²) in [5, 5.41) is 5.03. The molecule has 10 heteroatoms. The third-order valence-electron chi connectivity index (χ3n) is 4.61. The molecule has 0 aromatic heterocycles. The predicted molar refractivity (Wildman–Crippen MR) is 114 cm³/mol. The molecule has 1 heterocycles. The van der Waals surface area contributed by atoms with E-state index in [0.717, 1.165) is 0 Å². The summed E-state index contributed by atoms with van der Waals surface area (Å²) in [6.45, 7) is 3.90. The molecule has 0 atom stereocenters. The third kappa shape index (κ3) is 6.03. The zero-order valence-corrected chi connectivity index (χ0v) is 18.0. The number of anilines is 1. The number of carbonyl (C=O) groups excluding carboxylic acids is 2. The lowest BCUT2D eigenvalue weighted by Crippen LogP contribution is -2.40. The minimum Gasteiger partial charge on any atom is -0.494 e. The van der Waals surface area contributed by atoms with Gasteiger partial charge in [-0.15, -0.1) is 0 Å². The fraction of sp³-hybridized carbons (Fsp3) is 0.333. The fourth-order valence-corrected chi connectivity index (χ4v) is 4.37. The van der Waals surface area contributed by atoms with Gasteiger partial charge in [-0.25, -0.2) is 8.42 Å². The molecule has 2 aromatic rings. The van der Waals surface area contributed by atoms with Crippen LogP contribution in [0.2, 0.25) is 0 Å². The number of ether oxygens (including phenoxy) is 2. The number of nitrogens with zero attached hydrogens (tertiary/aromatic N) is 1. The van der Waals surface area contributed by atoms with Crippen LogP contribution in [0, 0.1) is 0 Å². The molecule has 0 aliphatic carbocycles. The maximum atomic E-state index is 12.6. The Kier molecular flexibility index (Phi) is 7.61. The molecule has 2 N–H and O–H groups in total. The third-order valence-corrected chi connectivity index (χ3v) is 6.53. The molecule has 2 amide bonds. The normalized spacial score (nSPS) is 14.6.